The van der Waals surface area contributed by atoms with Crippen molar-refractivity contribution in [2.45, 2.75) is 13.3 Å². The van der Waals surface area contributed by atoms with Gasteiger partial charge in [-0.05, 0) is 25.5 Å². The van der Waals surface area contributed by atoms with Crippen LogP contribution in [0.1, 0.15) is 17.8 Å². The number of ether oxygens (including phenoxy) is 2. The van der Waals surface area contributed by atoms with E-state index in [4.69, 9.17) is 9.47 Å². The summed E-state index contributed by atoms with van der Waals surface area (Å²) in [6, 6.07) is 1.83. The van der Waals surface area contributed by atoms with Gasteiger partial charge in [-0.25, -0.2) is 9.50 Å². The lowest BCUT2D eigenvalue weighted by Crippen LogP contribution is -2.07. The Labute approximate surface area is 151 Å². The van der Waals surface area contributed by atoms with Gasteiger partial charge >= 0.3 is 0 Å². The van der Waals surface area contributed by atoms with Crippen molar-refractivity contribution in [3.05, 3.63) is 49.1 Å². The zero-order chi connectivity index (χ0) is 17.8. The van der Waals surface area contributed by atoms with E-state index in [9.17, 15) is 0 Å². The predicted molar refractivity (Wildman–Crippen MR) is 101 cm³/mol. The molecule has 26 heavy (non-hydrogen) atoms. The number of hydrogen-bond donors (Lipinski definition) is 1. The second-order valence-corrected chi connectivity index (χ2v) is 5.31. The quantitative estimate of drug-likeness (QED) is 0.512. The normalized spacial score (nSPS) is 10.2. The summed E-state index contributed by atoms with van der Waals surface area (Å²) in [5, 5.41) is 4.58. The first-order valence-electron chi connectivity index (χ1n) is 7.80. The first kappa shape index (κ1) is 19.1. The number of hydrogen-bond acceptors (Lipinski definition) is 7. The third-order valence-corrected chi connectivity index (χ3v) is 3.62. The number of pyridine rings is 1. The molecule has 0 unspecified atom stereocenters. The Morgan fingerprint density at radius 3 is 2.73 bits per heavy atom. The molecule has 3 aromatic rings. The number of fused-ring (bicyclic) bond motifs is 1. The lowest BCUT2D eigenvalue weighted by molar-refractivity contribution is 0.313. The number of imidazole rings is 1. The molecule has 136 valence electrons. The van der Waals surface area contributed by atoms with Crippen LogP contribution in [0.5, 0.6) is 11.6 Å². The Bertz CT molecular complexity index is 935. The average Bonchev–Trinajstić information content (AvgIpc) is 3.02. The maximum Gasteiger partial charge on any atom is 0.261 e. The van der Waals surface area contributed by atoms with Crippen molar-refractivity contribution in [2.24, 2.45) is 0 Å². The zero-order valence-corrected chi connectivity index (χ0v) is 15.0. The first-order valence-corrected chi connectivity index (χ1v) is 7.80. The van der Waals surface area contributed by atoms with Gasteiger partial charge in [0.15, 0.2) is 5.82 Å². The van der Waals surface area contributed by atoms with E-state index in [-0.39, 0.29) is 6.15 Å². The molecule has 3 heterocycles. The molecule has 0 aliphatic heterocycles. The number of nitrogens with zero attached hydrogens (tertiary/aromatic N) is 5. The van der Waals surface area contributed by atoms with Gasteiger partial charge in [0.25, 0.3) is 5.88 Å². The summed E-state index contributed by atoms with van der Waals surface area (Å²) in [4.78, 5) is 13.1. The van der Waals surface area contributed by atoms with E-state index in [2.05, 4.69) is 33.2 Å². The van der Waals surface area contributed by atoms with E-state index in [1.54, 1.807) is 36.2 Å². The van der Waals surface area contributed by atoms with E-state index in [1.165, 1.54) is 0 Å². The molecule has 0 spiro atoms. The molecule has 0 saturated heterocycles. The second-order valence-electron chi connectivity index (χ2n) is 5.31. The van der Waals surface area contributed by atoms with Crippen LogP contribution >= 0.6 is 0 Å². The molecule has 3 N–H and O–H groups in total. The van der Waals surface area contributed by atoms with Gasteiger partial charge in [-0.2, -0.15) is 4.98 Å². The fraction of sp³-hybridized carbons (Fsp3) is 0.222. The first-order chi connectivity index (χ1) is 12.2. The fourth-order valence-corrected chi connectivity index (χ4v) is 2.32. The summed E-state index contributed by atoms with van der Waals surface area (Å²) in [7, 11) is 1.58. The van der Waals surface area contributed by atoms with E-state index >= 15 is 0 Å². The van der Waals surface area contributed by atoms with Crippen LogP contribution < -0.4 is 15.6 Å². The molecule has 8 heteroatoms. The molecule has 0 aromatic carbocycles. The van der Waals surface area contributed by atoms with Gasteiger partial charge in [0.1, 0.15) is 5.75 Å². The minimum atomic E-state index is 0. The predicted octanol–water partition coefficient (Wildman–Crippen LogP) is 3.26. The van der Waals surface area contributed by atoms with Crippen LogP contribution in [0.25, 0.3) is 23.1 Å². The van der Waals surface area contributed by atoms with Gasteiger partial charge < -0.3 is 15.6 Å². The highest BCUT2D eigenvalue weighted by Crippen LogP contribution is 2.29. The molecular formula is C18H22N6O2. The molecule has 0 radical (unpaired) electrons. The number of aryl methyl sites for hydroxylation is 1. The van der Waals surface area contributed by atoms with Gasteiger partial charge in [0.2, 0.25) is 5.65 Å². The van der Waals surface area contributed by atoms with Crippen LogP contribution in [-0.4, -0.2) is 38.3 Å². The van der Waals surface area contributed by atoms with Gasteiger partial charge in [-0.15, -0.1) is 11.7 Å². The van der Waals surface area contributed by atoms with Crippen molar-refractivity contribution in [3.63, 3.8) is 0 Å². The smallest absolute Gasteiger partial charge is 0.261 e. The number of methoxy groups -OCH3 is 1. The molecule has 3 aromatic heterocycles. The third-order valence-electron chi connectivity index (χ3n) is 3.62. The van der Waals surface area contributed by atoms with Crippen molar-refractivity contribution in [1.29, 1.82) is 0 Å². The Hall–Kier alpha value is -3.26. The largest absolute Gasteiger partial charge is 0.494 e. The zero-order valence-electron chi connectivity index (χ0n) is 15.0. The molecule has 8 nitrogen and oxygen atoms in total. The van der Waals surface area contributed by atoms with Crippen LogP contribution in [0.4, 0.5) is 0 Å². The molecule has 0 bridgehead atoms. The number of rotatable bonds is 7. The Balaban J connectivity index is 0.00000243. The molecule has 0 fully saturated rings. The summed E-state index contributed by atoms with van der Waals surface area (Å²) in [5.74, 6) is 1.45. The lowest BCUT2D eigenvalue weighted by atomic mass is 10.2. The van der Waals surface area contributed by atoms with Crippen LogP contribution in [0, 0.1) is 6.92 Å². The van der Waals surface area contributed by atoms with Crippen molar-refractivity contribution in [3.8, 4) is 23.0 Å². The minimum absolute atomic E-state index is 0. The fourth-order valence-electron chi connectivity index (χ4n) is 2.32. The van der Waals surface area contributed by atoms with Crippen molar-refractivity contribution in [1.82, 2.24) is 30.7 Å². The van der Waals surface area contributed by atoms with Crippen LogP contribution in [-0.2, 0) is 0 Å². The Morgan fingerprint density at radius 1 is 1.23 bits per heavy atom. The third kappa shape index (κ3) is 3.55. The molecule has 0 aliphatic carbocycles. The van der Waals surface area contributed by atoms with E-state index < -0.39 is 0 Å². The van der Waals surface area contributed by atoms with Gasteiger partial charge in [0, 0.05) is 0 Å². The van der Waals surface area contributed by atoms with Gasteiger partial charge in [0.05, 0.1) is 43.1 Å². The Kier molecular flexibility index (Phi) is 6.03. The van der Waals surface area contributed by atoms with Crippen LogP contribution in [0.15, 0.2) is 37.7 Å². The van der Waals surface area contributed by atoms with Crippen molar-refractivity contribution in [2.75, 3.05) is 13.7 Å². The van der Waals surface area contributed by atoms with Crippen LogP contribution in [0.3, 0.4) is 0 Å². The summed E-state index contributed by atoms with van der Waals surface area (Å²) < 4.78 is 12.9. The summed E-state index contributed by atoms with van der Waals surface area (Å²) >= 11 is 0. The monoisotopic (exact) mass is 354 g/mol. The molecule has 0 saturated carbocycles. The average molecular weight is 354 g/mol. The van der Waals surface area contributed by atoms with Crippen molar-refractivity contribution < 1.29 is 9.47 Å². The van der Waals surface area contributed by atoms with Gasteiger partial charge in [-0.3, -0.25) is 4.98 Å². The SMILES string of the molecule is C=CCCOc1nc(-c2cc(C=C)ncc2OC)nn2c(C)cnc12.N. The maximum atomic E-state index is 5.78. The highest BCUT2D eigenvalue weighted by molar-refractivity contribution is 5.68. The topological polar surface area (TPSA) is 109 Å². The van der Waals surface area contributed by atoms with E-state index in [1.807, 2.05) is 13.0 Å². The summed E-state index contributed by atoms with van der Waals surface area (Å²) in [6.07, 6.45) is 7.51. The van der Waals surface area contributed by atoms with Crippen LogP contribution in [0.2, 0.25) is 0 Å². The summed E-state index contributed by atoms with van der Waals surface area (Å²) in [6.45, 7) is 9.83. The molecular weight excluding hydrogens is 332 g/mol. The highest BCUT2D eigenvalue weighted by atomic mass is 16.5. The highest BCUT2D eigenvalue weighted by Gasteiger charge is 2.17. The molecule has 3 rings (SSSR count). The maximum absolute atomic E-state index is 5.78. The van der Waals surface area contributed by atoms with Crippen molar-refractivity contribution >= 4 is 11.7 Å². The van der Waals surface area contributed by atoms with E-state index in [0.29, 0.717) is 47.4 Å². The molecule has 0 atom stereocenters. The summed E-state index contributed by atoms with van der Waals surface area (Å²) in [5.41, 5.74) is 2.86. The minimum Gasteiger partial charge on any atom is -0.494 e. The lowest BCUT2D eigenvalue weighted by Gasteiger charge is -2.11. The standard InChI is InChI=1S/C18H19N5O2.H3N/c1-5-7-8-25-18-17-20-10-12(3)23(17)22-16(21-18)14-9-13(6-2)19-11-15(14)24-4;/h5-6,9-11H,1-2,7-8H2,3-4H3;1H3. The molecule has 0 aliphatic rings. The van der Waals surface area contributed by atoms with E-state index in [0.717, 1.165) is 5.69 Å². The Morgan fingerprint density at radius 2 is 2.04 bits per heavy atom. The second kappa shape index (κ2) is 8.21. The number of aromatic nitrogens is 5. The van der Waals surface area contributed by atoms with Gasteiger partial charge in [-0.1, -0.05) is 12.7 Å². The molecule has 0 amide bonds.